The van der Waals surface area contributed by atoms with Gasteiger partial charge in [0, 0.05) is 6.54 Å². The maximum absolute atomic E-state index is 12.8. The SMILES string of the molecule is O=C(COc1ccc(F)cc1)N1CCS(=O)(=O)c2ccccc21. The Bertz CT molecular complexity index is 833. The Hall–Kier alpha value is -2.41. The molecule has 0 unspecified atom stereocenters. The van der Waals surface area contributed by atoms with E-state index in [9.17, 15) is 17.6 Å². The first-order chi connectivity index (χ1) is 11.0. The van der Waals surface area contributed by atoms with E-state index in [0.29, 0.717) is 11.4 Å². The molecule has 1 aliphatic heterocycles. The molecule has 0 spiro atoms. The Labute approximate surface area is 133 Å². The Morgan fingerprint density at radius 2 is 1.83 bits per heavy atom. The highest BCUT2D eigenvalue weighted by molar-refractivity contribution is 7.91. The van der Waals surface area contributed by atoms with Crippen LogP contribution in [-0.2, 0) is 14.6 Å². The van der Waals surface area contributed by atoms with Crippen LogP contribution in [0.25, 0.3) is 0 Å². The molecule has 5 nitrogen and oxygen atoms in total. The lowest BCUT2D eigenvalue weighted by molar-refractivity contribution is -0.120. The second kappa shape index (κ2) is 6.00. The van der Waals surface area contributed by atoms with Crippen molar-refractivity contribution in [1.82, 2.24) is 0 Å². The first-order valence-corrected chi connectivity index (χ1v) is 8.63. The zero-order chi connectivity index (χ0) is 16.4. The van der Waals surface area contributed by atoms with Crippen molar-refractivity contribution in [3.63, 3.8) is 0 Å². The van der Waals surface area contributed by atoms with Gasteiger partial charge in [-0.2, -0.15) is 0 Å². The van der Waals surface area contributed by atoms with Crippen LogP contribution in [0.5, 0.6) is 5.75 Å². The number of para-hydroxylation sites is 1. The van der Waals surface area contributed by atoms with Gasteiger partial charge in [-0.15, -0.1) is 0 Å². The van der Waals surface area contributed by atoms with Crippen LogP contribution in [0.1, 0.15) is 0 Å². The van der Waals surface area contributed by atoms with Crippen molar-refractivity contribution in [2.45, 2.75) is 4.90 Å². The number of hydrogen-bond acceptors (Lipinski definition) is 4. The Morgan fingerprint density at radius 3 is 2.57 bits per heavy atom. The molecular weight excluding hydrogens is 321 g/mol. The number of carbonyl (C=O) groups excluding carboxylic acids is 1. The second-order valence-corrected chi connectivity index (χ2v) is 7.15. The molecule has 3 rings (SSSR count). The van der Waals surface area contributed by atoms with Gasteiger partial charge in [-0.05, 0) is 36.4 Å². The normalized spacial score (nSPS) is 15.8. The number of amides is 1. The summed E-state index contributed by atoms with van der Waals surface area (Å²) in [7, 11) is -3.36. The maximum atomic E-state index is 12.8. The molecule has 1 amide bonds. The van der Waals surface area contributed by atoms with E-state index in [4.69, 9.17) is 4.74 Å². The van der Waals surface area contributed by atoms with E-state index < -0.39 is 9.84 Å². The number of anilines is 1. The fraction of sp³-hybridized carbons (Fsp3) is 0.188. The topological polar surface area (TPSA) is 63.7 Å². The molecule has 1 heterocycles. The molecule has 1 aliphatic rings. The molecule has 0 fully saturated rings. The monoisotopic (exact) mass is 335 g/mol. The Kier molecular flexibility index (Phi) is 4.04. The molecule has 23 heavy (non-hydrogen) atoms. The van der Waals surface area contributed by atoms with Gasteiger partial charge in [0.25, 0.3) is 5.91 Å². The van der Waals surface area contributed by atoms with Gasteiger partial charge in [0.2, 0.25) is 0 Å². The molecule has 0 saturated carbocycles. The van der Waals surface area contributed by atoms with Crippen LogP contribution in [0.15, 0.2) is 53.4 Å². The van der Waals surface area contributed by atoms with Gasteiger partial charge in [-0.3, -0.25) is 4.79 Å². The van der Waals surface area contributed by atoms with Gasteiger partial charge in [0.1, 0.15) is 11.6 Å². The van der Waals surface area contributed by atoms with Crippen molar-refractivity contribution in [1.29, 1.82) is 0 Å². The van der Waals surface area contributed by atoms with Gasteiger partial charge >= 0.3 is 0 Å². The minimum atomic E-state index is -3.36. The molecule has 2 aromatic rings. The highest BCUT2D eigenvalue weighted by atomic mass is 32.2. The summed E-state index contributed by atoms with van der Waals surface area (Å²) in [6, 6.07) is 11.7. The zero-order valence-electron chi connectivity index (χ0n) is 12.1. The maximum Gasteiger partial charge on any atom is 0.264 e. The van der Waals surface area contributed by atoms with Gasteiger partial charge in [-0.1, -0.05) is 12.1 Å². The molecule has 0 aromatic heterocycles. The average Bonchev–Trinajstić information content (AvgIpc) is 2.54. The highest BCUT2D eigenvalue weighted by Crippen LogP contribution is 2.30. The number of benzene rings is 2. The van der Waals surface area contributed by atoms with Crippen molar-refractivity contribution >= 4 is 21.4 Å². The lowest BCUT2D eigenvalue weighted by Gasteiger charge is -2.29. The molecule has 0 saturated heterocycles. The summed E-state index contributed by atoms with van der Waals surface area (Å²) in [5, 5.41) is 0. The van der Waals surface area contributed by atoms with Crippen LogP contribution >= 0.6 is 0 Å². The van der Waals surface area contributed by atoms with E-state index in [1.165, 1.54) is 35.2 Å². The number of hydrogen-bond donors (Lipinski definition) is 0. The van der Waals surface area contributed by atoms with Gasteiger partial charge in [0.15, 0.2) is 16.4 Å². The molecule has 0 aliphatic carbocycles. The highest BCUT2D eigenvalue weighted by Gasteiger charge is 2.31. The average molecular weight is 335 g/mol. The summed E-state index contributed by atoms with van der Waals surface area (Å²) in [6.07, 6.45) is 0. The molecule has 0 atom stereocenters. The molecule has 120 valence electrons. The molecule has 0 N–H and O–H groups in total. The number of halogens is 1. The Balaban J connectivity index is 1.77. The largest absolute Gasteiger partial charge is 0.484 e. The minimum absolute atomic E-state index is 0.0883. The molecular formula is C16H14FNO4S. The predicted octanol–water partition coefficient (Wildman–Crippen LogP) is 2.02. The standard InChI is InChI=1S/C16H14FNO4S/c17-12-5-7-13(8-6-12)22-11-16(19)18-9-10-23(20,21)15-4-2-1-3-14(15)18/h1-8H,9-11H2. The van der Waals surface area contributed by atoms with Crippen LogP contribution in [0.3, 0.4) is 0 Å². The van der Waals surface area contributed by atoms with Crippen LogP contribution in [0.4, 0.5) is 10.1 Å². The molecule has 0 bridgehead atoms. The summed E-state index contributed by atoms with van der Waals surface area (Å²) in [5.41, 5.74) is 0.367. The van der Waals surface area contributed by atoms with E-state index in [1.807, 2.05) is 0 Å². The molecule has 0 radical (unpaired) electrons. The number of ether oxygens (including phenoxy) is 1. The number of carbonyl (C=O) groups is 1. The number of rotatable bonds is 3. The summed E-state index contributed by atoms with van der Waals surface area (Å²) in [5.74, 6) is -0.486. The number of nitrogens with zero attached hydrogens (tertiary/aromatic N) is 1. The van der Waals surface area contributed by atoms with Crippen molar-refractivity contribution in [2.75, 3.05) is 23.8 Å². The van der Waals surface area contributed by atoms with Gasteiger partial charge in [0.05, 0.1) is 16.3 Å². The first kappa shape index (κ1) is 15.5. The van der Waals surface area contributed by atoms with Crippen molar-refractivity contribution in [2.24, 2.45) is 0 Å². The molecule has 2 aromatic carbocycles. The molecule has 7 heteroatoms. The van der Waals surface area contributed by atoms with Gasteiger partial charge in [-0.25, -0.2) is 12.8 Å². The number of fused-ring (bicyclic) bond motifs is 1. The first-order valence-electron chi connectivity index (χ1n) is 6.98. The van der Waals surface area contributed by atoms with Crippen LogP contribution in [0, 0.1) is 5.82 Å². The minimum Gasteiger partial charge on any atom is -0.484 e. The smallest absolute Gasteiger partial charge is 0.264 e. The third-order valence-corrected chi connectivity index (χ3v) is 5.29. The fourth-order valence-electron chi connectivity index (χ4n) is 2.40. The summed E-state index contributed by atoms with van der Waals surface area (Å²) < 4.78 is 42.3. The van der Waals surface area contributed by atoms with Crippen molar-refractivity contribution < 1.29 is 22.3 Å². The second-order valence-electron chi connectivity index (χ2n) is 5.07. The third-order valence-electron chi connectivity index (χ3n) is 3.55. The van der Waals surface area contributed by atoms with E-state index in [-0.39, 0.29) is 35.5 Å². The van der Waals surface area contributed by atoms with Crippen LogP contribution in [0.2, 0.25) is 0 Å². The summed E-state index contributed by atoms with van der Waals surface area (Å²) >= 11 is 0. The summed E-state index contributed by atoms with van der Waals surface area (Å²) in [4.78, 5) is 13.9. The zero-order valence-corrected chi connectivity index (χ0v) is 12.9. The lowest BCUT2D eigenvalue weighted by atomic mass is 10.2. The van der Waals surface area contributed by atoms with E-state index in [2.05, 4.69) is 0 Å². The lowest BCUT2D eigenvalue weighted by Crippen LogP contribution is -2.42. The quantitative estimate of drug-likeness (QED) is 0.861. The summed E-state index contributed by atoms with van der Waals surface area (Å²) in [6.45, 7) is -0.162. The third kappa shape index (κ3) is 3.19. The van der Waals surface area contributed by atoms with Crippen molar-refractivity contribution in [3.05, 3.63) is 54.3 Å². The van der Waals surface area contributed by atoms with E-state index in [1.54, 1.807) is 18.2 Å². The fourth-order valence-corrected chi connectivity index (χ4v) is 3.82. The van der Waals surface area contributed by atoms with E-state index >= 15 is 0 Å². The van der Waals surface area contributed by atoms with Crippen LogP contribution < -0.4 is 9.64 Å². The van der Waals surface area contributed by atoms with E-state index in [0.717, 1.165) is 0 Å². The Morgan fingerprint density at radius 1 is 1.13 bits per heavy atom. The predicted molar refractivity (Wildman–Crippen MR) is 82.7 cm³/mol. The number of sulfone groups is 1. The van der Waals surface area contributed by atoms with Gasteiger partial charge < -0.3 is 9.64 Å². The van der Waals surface area contributed by atoms with Crippen molar-refractivity contribution in [3.8, 4) is 5.75 Å². The van der Waals surface area contributed by atoms with Crippen LogP contribution in [-0.4, -0.2) is 33.2 Å².